The van der Waals surface area contributed by atoms with E-state index in [4.69, 9.17) is 14.0 Å². The maximum Gasteiger partial charge on any atom is 0.408 e. The first kappa shape index (κ1) is 29.3. The monoisotopic (exact) mass is 556 g/mol. The highest BCUT2D eigenvalue weighted by Crippen LogP contribution is 2.25. The number of nitrogens with one attached hydrogen (secondary N) is 2. The van der Waals surface area contributed by atoms with Crippen LogP contribution in [0.15, 0.2) is 89.5 Å². The number of ether oxygens (including phenoxy) is 2. The molecule has 0 saturated heterocycles. The van der Waals surface area contributed by atoms with Crippen molar-refractivity contribution in [3.8, 4) is 22.5 Å². The maximum atomic E-state index is 12.7. The molecule has 3 aromatic carbocycles. The van der Waals surface area contributed by atoms with E-state index in [2.05, 4.69) is 32.9 Å². The van der Waals surface area contributed by atoms with Gasteiger partial charge in [-0.2, -0.15) is 4.98 Å². The molecule has 0 unspecified atom stereocenters. The minimum absolute atomic E-state index is 0.141. The number of benzene rings is 3. The molecule has 41 heavy (non-hydrogen) atoms. The molecular weight excluding hydrogens is 520 g/mol. The Balaban J connectivity index is 1.38. The van der Waals surface area contributed by atoms with Crippen LogP contribution in [0.1, 0.15) is 57.5 Å². The largest absolute Gasteiger partial charge is 0.445 e. The van der Waals surface area contributed by atoms with Crippen LogP contribution in [0.3, 0.4) is 0 Å². The lowest BCUT2D eigenvalue weighted by atomic mass is 10.0. The van der Waals surface area contributed by atoms with Crippen LogP contribution in [0.2, 0.25) is 0 Å². The van der Waals surface area contributed by atoms with E-state index >= 15 is 0 Å². The zero-order chi connectivity index (χ0) is 29.1. The van der Waals surface area contributed by atoms with Crippen LogP contribution in [-0.4, -0.2) is 34.5 Å². The van der Waals surface area contributed by atoms with Crippen molar-refractivity contribution in [3.05, 3.63) is 96.4 Å². The zero-order valence-corrected chi connectivity index (χ0v) is 23.6. The van der Waals surface area contributed by atoms with E-state index in [-0.39, 0.29) is 12.5 Å². The molecule has 4 aromatic rings. The average Bonchev–Trinajstić information content (AvgIpc) is 3.46. The van der Waals surface area contributed by atoms with Gasteiger partial charge in [0.2, 0.25) is 11.7 Å². The summed E-state index contributed by atoms with van der Waals surface area (Å²) < 4.78 is 16.3. The average molecular weight is 557 g/mol. The molecule has 0 aliphatic rings. The van der Waals surface area contributed by atoms with Gasteiger partial charge in [0.25, 0.3) is 0 Å². The molecule has 1 aromatic heterocycles. The molecule has 0 spiro atoms. The van der Waals surface area contributed by atoms with Crippen LogP contribution >= 0.6 is 0 Å². The lowest BCUT2D eigenvalue weighted by Gasteiger charge is -2.19. The van der Waals surface area contributed by atoms with Crippen molar-refractivity contribution in [2.24, 2.45) is 0 Å². The summed E-state index contributed by atoms with van der Waals surface area (Å²) in [7, 11) is 0. The third-order valence-corrected chi connectivity index (χ3v) is 6.08. The van der Waals surface area contributed by atoms with Crippen LogP contribution in [0, 0.1) is 0 Å². The van der Waals surface area contributed by atoms with Crippen molar-refractivity contribution in [1.82, 2.24) is 20.8 Å². The fourth-order valence-electron chi connectivity index (χ4n) is 4.08. The van der Waals surface area contributed by atoms with Crippen LogP contribution < -0.4 is 10.6 Å². The molecule has 0 fully saturated rings. The number of hydrogen-bond acceptors (Lipinski definition) is 7. The Bertz CT molecular complexity index is 1380. The van der Waals surface area contributed by atoms with Gasteiger partial charge in [0.05, 0.1) is 0 Å². The Hall–Kier alpha value is -4.66. The summed E-state index contributed by atoms with van der Waals surface area (Å²) in [6.45, 7) is 6.02. The van der Waals surface area contributed by atoms with Gasteiger partial charge >= 0.3 is 12.2 Å². The minimum atomic E-state index is -0.585. The third-order valence-electron chi connectivity index (χ3n) is 6.08. The number of amides is 2. The molecular formula is C32H36N4O5. The topological polar surface area (TPSA) is 116 Å². The Morgan fingerprint density at radius 3 is 2.15 bits per heavy atom. The van der Waals surface area contributed by atoms with Gasteiger partial charge in [-0.1, -0.05) is 90.1 Å². The SMILES string of the molecule is CC(C)(C)OC(=O)NCCCC[C@H](NC(=O)OCc1ccccc1)c1nc(-c2ccc(-c3ccccc3)cc2)no1. The van der Waals surface area contributed by atoms with Gasteiger partial charge in [-0.15, -0.1) is 0 Å². The van der Waals surface area contributed by atoms with Gasteiger partial charge in [-0.25, -0.2) is 9.59 Å². The van der Waals surface area contributed by atoms with E-state index in [9.17, 15) is 9.59 Å². The van der Waals surface area contributed by atoms with Crippen LogP contribution in [-0.2, 0) is 16.1 Å². The molecule has 1 atom stereocenters. The van der Waals surface area contributed by atoms with Gasteiger partial charge in [0.15, 0.2) is 0 Å². The lowest BCUT2D eigenvalue weighted by Crippen LogP contribution is -2.33. The fourth-order valence-corrected chi connectivity index (χ4v) is 4.08. The van der Waals surface area contributed by atoms with Crippen molar-refractivity contribution in [1.29, 1.82) is 0 Å². The highest BCUT2D eigenvalue weighted by Gasteiger charge is 2.23. The zero-order valence-electron chi connectivity index (χ0n) is 23.6. The van der Waals surface area contributed by atoms with Gasteiger partial charge in [-0.3, -0.25) is 0 Å². The van der Waals surface area contributed by atoms with Crippen molar-refractivity contribution < 1.29 is 23.6 Å². The quantitative estimate of drug-likeness (QED) is 0.190. The number of hydrogen-bond donors (Lipinski definition) is 2. The Morgan fingerprint density at radius 2 is 1.46 bits per heavy atom. The molecule has 0 bridgehead atoms. The van der Waals surface area contributed by atoms with Crippen LogP contribution in [0.4, 0.5) is 9.59 Å². The van der Waals surface area contributed by atoms with Gasteiger partial charge in [-0.05, 0) is 56.7 Å². The molecule has 214 valence electrons. The highest BCUT2D eigenvalue weighted by molar-refractivity contribution is 5.69. The van der Waals surface area contributed by atoms with Crippen molar-refractivity contribution in [3.63, 3.8) is 0 Å². The number of alkyl carbamates (subject to hydrolysis) is 2. The van der Waals surface area contributed by atoms with E-state index in [1.807, 2.05) is 93.6 Å². The standard InChI is InChI=1S/C32H36N4O5/c1-32(2,3)40-30(37)33-21-11-10-16-27(34-31(38)39-22-23-12-6-4-7-13-23)29-35-28(36-41-29)26-19-17-25(18-20-26)24-14-8-5-9-15-24/h4-9,12-15,17-20,27H,10-11,16,21-22H2,1-3H3,(H,33,37)(H,34,38)/t27-/m0/s1. The summed E-state index contributed by atoms with van der Waals surface area (Å²) in [4.78, 5) is 29.2. The van der Waals surface area contributed by atoms with E-state index in [1.54, 1.807) is 0 Å². The second-order valence-electron chi connectivity index (χ2n) is 10.6. The fraction of sp³-hybridized carbons (Fsp3) is 0.312. The number of aromatic nitrogens is 2. The number of carbonyl (C=O) groups is 2. The molecule has 2 N–H and O–H groups in total. The van der Waals surface area contributed by atoms with Crippen LogP contribution in [0.25, 0.3) is 22.5 Å². The maximum absolute atomic E-state index is 12.7. The summed E-state index contributed by atoms with van der Waals surface area (Å²) in [5.74, 6) is 0.708. The third kappa shape index (κ3) is 9.49. The van der Waals surface area contributed by atoms with Gasteiger partial charge in [0, 0.05) is 12.1 Å². The molecule has 0 aliphatic carbocycles. The first-order chi connectivity index (χ1) is 19.8. The first-order valence-corrected chi connectivity index (χ1v) is 13.7. The summed E-state index contributed by atoms with van der Waals surface area (Å²) in [6.07, 6.45) is 0.793. The first-order valence-electron chi connectivity index (χ1n) is 13.7. The smallest absolute Gasteiger partial charge is 0.408 e. The number of carbonyl (C=O) groups excluding carboxylic acids is 2. The lowest BCUT2D eigenvalue weighted by molar-refractivity contribution is 0.0527. The molecule has 4 rings (SSSR count). The number of nitrogens with zero attached hydrogens (tertiary/aromatic N) is 2. The Morgan fingerprint density at radius 1 is 0.829 bits per heavy atom. The van der Waals surface area contributed by atoms with Crippen molar-refractivity contribution >= 4 is 12.2 Å². The second kappa shape index (κ2) is 14.1. The molecule has 0 aliphatic heterocycles. The summed E-state index contributed by atoms with van der Waals surface area (Å²) >= 11 is 0. The van der Waals surface area contributed by atoms with E-state index in [0.29, 0.717) is 31.6 Å². The number of rotatable bonds is 11. The van der Waals surface area contributed by atoms with E-state index < -0.39 is 23.8 Å². The molecule has 0 radical (unpaired) electrons. The van der Waals surface area contributed by atoms with Crippen molar-refractivity contribution in [2.75, 3.05) is 6.54 Å². The molecule has 1 heterocycles. The van der Waals surface area contributed by atoms with Crippen LogP contribution in [0.5, 0.6) is 0 Å². The van der Waals surface area contributed by atoms with E-state index in [1.165, 1.54) is 0 Å². The highest BCUT2D eigenvalue weighted by atomic mass is 16.6. The molecule has 0 saturated carbocycles. The molecule has 9 heteroatoms. The number of unbranched alkanes of at least 4 members (excludes halogenated alkanes) is 1. The summed E-state index contributed by atoms with van der Waals surface area (Å²) in [5.41, 5.74) is 3.32. The summed E-state index contributed by atoms with van der Waals surface area (Å²) in [5, 5.41) is 9.77. The second-order valence-corrected chi connectivity index (χ2v) is 10.6. The minimum Gasteiger partial charge on any atom is -0.445 e. The van der Waals surface area contributed by atoms with E-state index in [0.717, 1.165) is 22.3 Å². The Labute approximate surface area is 240 Å². The molecule has 9 nitrogen and oxygen atoms in total. The van der Waals surface area contributed by atoms with Gasteiger partial charge in [0.1, 0.15) is 18.2 Å². The van der Waals surface area contributed by atoms with Crippen molar-refractivity contribution in [2.45, 2.75) is 58.3 Å². The normalized spacial score (nSPS) is 11.9. The predicted molar refractivity (Wildman–Crippen MR) is 156 cm³/mol. The predicted octanol–water partition coefficient (Wildman–Crippen LogP) is 7.07. The summed E-state index contributed by atoms with van der Waals surface area (Å²) in [6, 6.07) is 26.9. The Kier molecular flexibility index (Phi) is 10.1. The molecule has 2 amide bonds. The van der Waals surface area contributed by atoms with Gasteiger partial charge < -0.3 is 24.6 Å².